The molecule has 0 radical (unpaired) electrons. The highest BCUT2D eigenvalue weighted by molar-refractivity contribution is 7.90. The van der Waals surface area contributed by atoms with Crippen molar-refractivity contribution in [3.8, 4) is 5.69 Å². The minimum atomic E-state index is -2.89. The van der Waals surface area contributed by atoms with E-state index in [2.05, 4.69) is 34.1 Å². The highest BCUT2D eigenvalue weighted by Crippen LogP contribution is 2.20. The Kier molecular flexibility index (Phi) is 4.82. The van der Waals surface area contributed by atoms with Crippen molar-refractivity contribution in [3.63, 3.8) is 0 Å². The first-order valence-corrected chi connectivity index (χ1v) is 10.0. The molecule has 0 N–H and O–H groups in total. The van der Waals surface area contributed by atoms with Gasteiger partial charge in [0.05, 0.1) is 12.1 Å². The summed E-state index contributed by atoms with van der Waals surface area (Å²) in [6.07, 6.45) is 8.91. The maximum atomic E-state index is 11.5. The van der Waals surface area contributed by atoms with Gasteiger partial charge in [-0.05, 0) is 43.0 Å². The molecule has 5 nitrogen and oxygen atoms in total. The van der Waals surface area contributed by atoms with Crippen LogP contribution < -0.4 is 0 Å². The Labute approximate surface area is 137 Å². The molecule has 1 aromatic heterocycles. The van der Waals surface area contributed by atoms with Gasteiger partial charge in [0.25, 0.3) is 0 Å². The number of hydrogen-bond donors (Lipinski definition) is 0. The van der Waals surface area contributed by atoms with E-state index in [1.54, 1.807) is 12.5 Å². The maximum absolute atomic E-state index is 11.5. The number of imidazole rings is 1. The van der Waals surface area contributed by atoms with Crippen molar-refractivity contribution in [1.82, 2.24) is 14.5 Å². The lowest BCUT2D eigenvalue weighted by molar-refractivity contribution is 0.178. The van der Waals surface area contributed by atoms with Gasteiger partial charge in [-0.25, -0.2) is 13.4 Å². The van der Waals surface area contributed by atoms with Crippen molar-refractivity contribution < 1.29 is 8.42 Å². The third-order valence-electron chi connectivity index (χ3n) is 4.29. The molecule has 0 aliphatic carbocycles. The van der Waals surface area contributed by atoms with Crippen molar-refractivity contribution in [2.45, 2.75) is 19.4 Å². The number of aromatic nitrogens is 2. The van der Waals surface area contributed by atoms with Crippen molar-refractivity contribution >= 4 is 9.84 Å². The smallest absolute Gasteiger partial charge is 0.147 e. The molecule has 3 rings (SSSR count). The van der Waals surface area contributed by atoms with E-state index in [4.69, 9.17) is 0 Å². The van der Waals surface area contributed by atoms with Gasteiger partial charge in [0.2, 0.25) is 0 Å². The summed E-state index contributed by atoms with van der Waals surface area (Å²) in [5.74, 6) is 0.576. The van der Waals surface area contributed by atoms with Gasteiger partial charge in [-0.2, -0.15) is 0 Å². The summed E-state index contributed by atoms with van der Waals surface area (Å²) in [7, 11) is -2.89. The molecule has 2 aromatic rings. The summed E-state index contributed by atoms with van der Waals surface area (Å²) in [6, 6.07) is 8.45. The molecule has 1 fully saturated rings. The SMILES string of the molecule is CS(=O)(=O)C[C@@H]1CCCN(Cc2ccc(-n3ccnc3)cc2)C1. The lowest BCUT2D eigenvalue weighted by atomic mass is 9.99. The fraction of sp³-hybridized carbons (Fsp3) is 0.471. The second-order valence-electron chi connectivity index (χ2n) is 6.47. The molecule has 0 bridgehead atoms. The second-order valence-corrected chi connectivity index (χ2v) is 8.66. The quantitative estimate of drug-likeness (QED) is 0.841. The van der Waals surface area contributed by atoms with E-state index < -0.39 is 9.84 Å². The summed E-state index contributed by atoms with van der Waals surface area (Å²) in [6.45, 7) is 2.80. The van der Waals surface area contributed by atoms with Crippen LogP contribution in [0.25, 0.3) is 5.69 Å². The average molecular weight is 333 g/mol. The zero-order valence-corrected chi connectivity index (χ0v) is 14.2. The Balaban J connectivity index is 1.60. The lowest BCUT2D eigenvalue weighted by Crippen LogP contribution is -2.37. The van der Waals surface area contributed by atoms with Gasteiger partial charge in [-0.15, -0.1) is 0 Å². The number of hydrogen-bond acceptors (Lipinski definition) is 4. The summed E-state index contributed by atoms with van der Waals surface area (Å²) in [5.41, 5.74) is 2.36. The van der Waals surface area contributed by atoms with Crippen LogP contribution in [0.1, 0.15) is 18.4 Å². The molecule has 1 atom stereocenters. The molecule has 2 heterocycles. The fourth-order valence-corrected chi connectivity index (χ4v) is 4.43. The first kappa shape index (κ1) is 16.2. The number of sulfone groups is 1. The van der Waals surface area contributed by atoms with Gasteiger partial charge < -0.3 is 4.57 Å². The largest absolute Gasteiger partial charge is 0.306 e. The monoisotopic (exact) mass is 333 g/mol. The van der Waals surface area contributed by atoms with E-state index >= 15 is 0 Å². The predicted octanol–water partition coefficient (Wildman–Crippen LogP) is 2.13. The first-order chi connectivity index (χ1) is 11.0. The highest BCUT2D eigenvalue weighted by Gasteiger charge is 2.23. The molecule has 1 aliphatic rings. The van der Waals surface area contributed by atoms with Crippen molar-refractivity contribution in [2.24, 2.45) is 5.92 Å². The predicted molar refractivity (Wildman–Crippen MR) is 91.3 cm³/mol. The third kappa shape index (κ3) is 4.65. The molecule has 124 valence electrons. The van der Waals surface area contributed by atoms with Gasteiger partial charge >= 0.3 is 0 Å². The number of benzene rings is 1. The second kappa shape index (κ2) is 6.84. The van der Waals surface area contributed by atoms with Crippen molar-refractivity contribution in [2.75, 3.05) is 25.1 Å². The van der Waals surface area contributed by atoms with E-state index in [0.29, 0.717) is 5.75 Å². The normalized spacial score (nSPS) is 19.8. The maximum Gasteiger partial charge on any atom is 0.147 e. The zero-order chi connectivity index (χ0) is 16.3. The summed E-state index contributed by atoms with van der Waals surface area (Å²) >= 11 is 0. The molecular formula is C17H23N3O2S. The molecular weight excluding hydrogens is 310 g/mol. The standard InChI is InChI=1S/C17H23N3O2S/c1-23(21,22)13-16-3-2-9-19(12-16)11-15-4-6-17(7-5-15)20-10-8-18-14-20/h4-8,10,14,16H,2-3,9,11-13H2,1H3/t16-/m1/s1. The van der Waals surface area contributed by atoms with Gasteiger partial charge in [-0.1, -0.05) is 12.1 Å². The molecule has 0 amide bonds. The molecule has 23 heavy (non-hydrogen) atoms. The number of rotatable bonds is 5. The highest BCUT2D eigenvalue weighted by atomic mass is 32.2. The molecule has 1 aliphatic heterocycles. The van der Waals surface area contributed by atoms with E-state index in [9.17, 15) is 8.42 Å². The average Bonchev–Trinajstić information content (AvgIpc) is 3.01. The Bertz CT molecular complexity index is 724. The van der Waals surface area contributed by atoms with E-state index in [-0.39, 0.29) is 5.92 Å². The van der Waals surface area contributed by atoms with Gasteiger partial charge in [0.1, 0.15) is 9.84 Å². The Morgan fingerprint density at radius 2 is 2.04 bits per heavy atom. The molecule has 1 aromatic carbocycles. The van der Waals surface area contributed by atoms with E-state index in [0.717, 1.165) is 38.2 Å². The van der Waals surface area contributed by atoms with Crippen LogP contribution in [0.3, 0.4) is 0 Å². The summed E-state index contributed by atoms with van der Waals surface area (Å²) in [5, 5.41) is 0. The molecule has 6 heteroatoms. The van der Waals surface area contributed by atoms with Crippen LogP contribution in [0.2, 0.25) is 0 Å². The van der Waals surface area contributed by atoms with E-state index in [1.165, 1.54) is 11.8 Å². The van der Waals surface area contributed by atoms with Crippen LogP contribution in [0.5, 0.6) is 0 Å². The molecule has 0 saturated carbocycles. The van der Waals surface area contributed by atoms with Crippen LogP contribution in [0.15, 0.2) is 43.0 Å². The third-order valence-corrected chi connectivity index (χ3v) is 5.36. The van der Waals surface area contributed by atoms with Crippen LogP contribution in [0, 0.1) is 5.92 Å². The van der Waals surface area contributed by atoms with Gasteiger partial charge in [0.15, 0.2) is 0 Å². The van der Waals surface area contributed by atoms with Crippen LogP contribution in [-0.4, -0.2) is 48.0 Å². The summed E-state index contributed by atoms with van der Waals surface area (Å²) < 4.78 is 25.0. The zero-order valence-electron chi connectivity index (χ0n) is 13.4. The Hall–Kier alpha value is -1.66. The van der Waals surface area contributed by atoms with Crippen LogP contribution in [0.4, 0.5) is 0 Å². The van der Waals surface area contributed by atoms with Crippen LogP contribution >= 0.6 is 0 Å². The minimum absolute atomic E-state index is 0.268. The Morgan fingerprint density at radius 3 is 2.70 bits per heavy atom. The van der Waals surface area contributed by atoms with E-state index in [1.807, 2.05) is 10.8 Å². The number of piperidine rings is 1. The van der Waals surface area contributed by atoms with Crippen LogP contribution in [-0.2, 0) is 16.4 Å². The Morgan fingerprint density at radius 1 is 1.26 bits per heavy atom. The summed E-state index contributed by atoms with van der Waals surface area (Å²) in [4.78, 5) is 6.42. The number of likely N-dealkylation sites (tertiary alicyclic amines) is 1. The first-order valence-electron chi connectivity index (χ1n) is 7.97. The molecule has 1 saturated heterocycles. The minimum Gasteiger partial charge on any atom is -0.306 e. The van der Waals surface area contributed by atoms with Crippen molar-refractivity contribution in [1.29, 1.82) is 0 Å². The van der Waals surface area contributed by atoms with Crippen molar-refractivity contribution in [3.05, 3.63) is 48.5 Å². The van der Waals surface area contributed by atoms with Gasteiger partial charge in [-0.3, -0.25) is 4.90 Å². The topological polar surface area (TPSA) is 55.2 Å². The lowest BCUT2D eigenvalue weighted by Gasteiger charge is -2.32. The van der Waals surface area contributed by atoms with Gasteiger partial charge in [0, 0.05) is 37.4 Å². The molecule has 0 spiro atoms. The molecule has 0 unspecified atom stereocenters. The fourth-order valence-electron chi connectivity index (χ4n) is 3.30. The number of nitrogens with zero attached hydrogens (tertiary/aromatic N) is 3.